The van der Waals surface area contributed by atoms with E-state index in [-0.39, 0.29) is 16.7 Å². The Morgan fingerprint density at radius 3 is 3.04 bits per heavy atom. The summed E-state index contributed by atoms with van der Waals surface area (Å²) in [7, 11) is 0. The molecule has 1 N–H and O–H groups in total. The van der Waals surface area contributed by atoms with E-state index in [1.54, 1.807) is 13.0 Å². The molecule has 0 bridgehead atoms. The third kappa shape index (κ3) is 3.34. The highest BCUT2D eigenvalue weighted by Crippen LogP contribution is 2.33. The number of fused-ring (bicyclic) bond motifs is 1. The summed E-state index contributed by atoms with van der Waals surface area (Å²) in [6.45, 7) is 2.33. The van der Waals surface area contributed by atoms with Crippen molar-refractivity contribution in [2.75, 3.05) is 6.61 Å². The topological polar surface area (TPSA) is 50.7 Å². The van der Waals surface area contributed by atoms with Crippen molar-refractivity contribution in [1.29, 1.82) is 0 Å². The first-order valence-corrected chi connectivity index (χ1v) is 9.20. The van der Waals surface area contributed by atoms with Crippen LogP contribution >= 0.6 is 23.4 Å². The highest BCUT2D eigenvalue weighted by molar-refractivity contribution is 8.18. The van der Waals surface area contributed by atoms with E-state index in [0.717, 1.165) is 23.3 Å². The molecule has 0 unspecified atom stereocenters. The molecule has 0 aliphatic carbocycles. The standard InChI is InChI=1S/C19H14ClFN2O2S/c1-10-6-15(13(20)9-14(10)21)22-19-23-18(24)17(26-19)8-11-2-3-16-12(7-11)4-5-25-16/h2-3,6-9H,4-5H2,1H3,(H,22,23,24)/b17-8+. The minimum Gasteiger partial charge on any atom is -0.493 e. The third-order valence-electron chi connectivity index (χ3n) is 4.11. The number of aliphatic imine (C=N–C) groups is 1. The van der Waals surface area contributed by atoms with Gasteiger partial charge in [-0.15, -0.1) is 0 Å². The zero-order chi connectivity index (χ0) is 18.3. The van der Waals surface area contributed by atoms with E-state index in [9.17, 15) is 9.18 Å². The Labute approximate surface area is 159 Å². The highest BCUT2D eigenvalue weighted by Gasteiger charge is 2.24. The molecular weight excluding hydrogens is 375 g/mol. The SMILES string of the molecule is Cc1cc(N=C2NC(=O)/C(=C\c3ccc4c(c3)CCO4)S2)c(Cl)cc1F. The van der Waals surface area contributed by atoms with Crippen molar-refractivity contribution < 1.29 is 13.9 Å². The molecule has 0 saturated carbocycles. The molecule has 2 heterocycles. The number of hydrogen-bond acceptors (Lipinski definition) is 4. The largest absolute Gasteiger partial charge is 0.493 e. The number of thioether (sulfide) groups is 1. The van der Waals surface area contributed by atoms with Gasteiger partial charge in [-0.1, -0.05) is 17.7 Å². The van der Waals surface area contributed by atoms with Crippen molar-refractivity contribution >= 4 is 46.2 Å². The number of hydrogen-bond donors (Lipinski definition) is 1. The monoisotopic (exact) mass is 388 g/mol. The van der Waals surface area contributed by atoms with Gasteiger partial charge in [0, 0.05) is 6.42 Å². The Kier molecular flexibility index (Phi) is 4.46. The first kappa shape index (κ1) is 17.1. The molecule has 1 fully saturated rings. The average Bonchev–Trinajstić information content (AvgIpc) is 3.19. The lowest BCUT2D eigenvalue weighted by atomic mass is 10.1. The van der Waals surface area contributed by atoms with Crippen LogP contribution in [0.3, 0.4) is 0 Å². The minimum absolute atomic E-state index is 0.200. The van der Waals surface area contributed by atoms with Crippen molar-refractivity contribution in [3.63, 3.8) is 0 Å². The minimum atomic E-state index is -0.386. The molecule has 2 aromatic rings. The second-order valence-electron chi connectivity index (χ2n) is 6.00. The van der Waals surface area contributed by atoms with E-state index < -0.39 is 0 Å². The van der Waals surface area contributed by atoms with Crippen LogP contribution in [0, 0.1) is 12.7 Å². The van der Waals surface area contributed by atoms with Gasteiger partial charge in [0.2, 0.25) is 0 Å². The Bertz CT molecular complexity index is 988. The number of nitrogens with zero attached hydrogens (tertiary/aromatic N) is 1. The van der Waals surface area contributed by atoms with Crippen LogP contribution in [0.15, 0.2) is 40.2 Å². The molecule has 1 saturated heterocycles. The normalized spacial score (nSPS) is 19.0. The number of aryl methyl sites for hydroxylation is 1. The number of halogens is 2. The Balaban J connectivity index is 1.60. The predicted molar refractivity (Wildman–Crippen MR) is 103 cm³/mol. The van der Waals surface area contributed by atoms with Gasteiger partial charge >= 0.3 is 0 Å². The Morgan fingerprint density at radius 1 is 1.35 bits per heavy atom. The number of benzene rings is 2. The summed E-state index contributed by atoms with van der Waals surface area (Å²) in [5.74, 6) is 0.294. The summed E-state index contributed by atoms with van der Waals surface area (Å²) in [5, 5.41) is 3.33. The molecule has 0 atom stereocenters. The number of nitrogens with one attached hydrogen (secondary N) is 1. The van der Waals surface area contributed by atoms with Crippen LogP contribution in [0.5, 0.6) is 5.75 Å². The summed E-state index contributed by atoms with van der Waals surface area (Å²) in [4.78, 5) is 17.1. The number of carbonyl (C=O) groups is 1. The third-order valence-corrected chi connectivity index (χ3v) is 5.32. The van der Waals surface area contributed by atoms with Gasteiger partial charge in [-0.25, -0.2) is 9.38 Å². The second kappa shape index (κ2) is 6.78. The molecular formula is C19H14ClFN2O2S. The molecule has 26 heavy (non-hydrogen) atoms. The van der Waals surface area contributed by atoms with E-state index in [2.05, 4.69) is 10.3 Å². The van der Waals surface area contributed by atoms with Crippen molar-refractivity contribution in [2.45, 2.75) is 13.3 Å². The first-order chi connectivity index (χ1) is 12.5. The van der Waals surface area contributed by atoms with Crippen molar-refractivity contribution in [2.24, 2.45) is 4.99 Å². The van der Waals surface area contributed by atoms with Gasteiger partial charge in [-0.3, -0.25) is 4.79 Å². The smallest absolute Gasteiger partial charge is 0.264 e. The molecule has 2 aliphatic heterocycles. The van der Waals surface area contributed by atoms with Crippen LogP contribution in [0.1, 0.15) is 16.7 Å². The van der Waals surface area contributed by atoms with E-state index in [1.165, 1.54) is 17.8 Å². The van der Waals surface area contributed by atoms with E-state index in [0.29, 0.717) is 27.9 Å². The fourth-order valence-electron chi connectivity index (χ4n) is 2.77. The molecule has 4 rings (SSSR count). The van der Waals surface area contributed by atoms with Gasteiger partial charge in [0.05, 0.1) is 22.2 Å². The van der Waals surface area contributed by atoms with Crippen LogP contribution in [0.25, 0.3) is 6.08 Å². The molecule has 2 aromatic carbocycles. The number of amides is 1. The Morgan fingerprint density at radius 2 is 2.19 bits per heavy atom. The van der Waals surface area contributed by atoms with Crippen LogP contribution in [-0.2, 0) is 11.2 Å². The second-order valence-corrected chi connectivity index (χ2v) is 7.44. The maximum Gasteiger partial charge on any atom is 0.264 e. The molecule has 4 nitrogen and oxygen atoms in total. The van der Waals surface area contributed by atoms with Gasteiger partial charge in [0.1, 0.15) is 11.6 Å². The molecule has 0 aromatic heterocycles. The zero-order valence-electron chi connectivity index (χ0n) is 13.8. The maximum atomic E-state index is 13.5. The highest BCUT2D eigenvalue weighted by atomic mass is 35.5. The molecule has 0 spiro atoms. The average molecular weight is 389 g/mol. The lowest BCUT2D eigenvalue weighted by molar-refractivity contribution is -0.115. The van der Waals surface area contributed by atoms with Crippen LogP contribution in [0.4, 0.5) is 10.1 Å². The van der Waals surface area contributed by atoms with Crippen LogP contribution < -0.4 is 10.1 Å². The van der Waals surface area contributed by atoms with Crippen LogP contribution in [0.2, 0.25) is 5.02 Å². The number of rotatable bonds is 2. The molecule has 0 radical (unpaired) electrons. The lowest BCUT2D eigenvalue weighted by Gasteiger charge is -2.02. The lowest BCUT2D eigenvalue weighted by Crippen LogP contribution is -2.19. The van der Waals surface area contributed by atoms with Gasteiger partial charge in [-0.2, -0.15) is 0 Å². The van der Waals surface area contributed by atoms with Gasteiger partial charge in [-0.05, 0) is 65.7 Å². The summed E-state index contributed by atoms with van der Waals surface area (Å²) in [5.41, 5.74) is 2.94. The van der Waals surface area contributed by atoms with Gasteiger partial charge in [0.15, 0.2) is 5.17 Å². The van der Waals surface area contributed by atoms with Crippen molar-refractivity contribution in [3.05, 3.63) is 62.8 Å². The van der Waals surface area contributed by atoms with Gasteiger partial charge in [0.25, 0.3) is 5.91 Å². The first-order valence-electron chi connectivity index (χ1n) is 8.00. The summed E-state index contributed by atoms with van der Waals surface area (Å²) < 4.78 is 19.0. The maximum absolute atomic E-state index is 13.5. The van der Waals surface area contributed by atoms with Crippen molar-refractivity contribution in [1.82, 2.24) is 5.32 Å². The van der Waals surface area contributed by atoms with Crippen LogP contribution in [-0.4, -0.2) is 17.7 Å². The molecule has 2 aliphatic rings. The molecule has 7 heteroatoms. The summed E-state index contributed by atoms with van der Waals surface area (Å²) in [6.07, 6.45) is 2.69. The molecule has 1 amide bonds. The fraction of sp³-hybridized carbons (Fsp3) is 0.158. The predicted octanol–water partition coefficient (Wildman–Crippen LogP) is 4.61. The fourth-order valence-corrected chi connectivity index (χ4v) is 3.79. The number of carbonyl (C=O) groups excluding carboxylic acids is 1. The van der Waals surface area contributed by atoms with Crippen molar-refractivity contribution in [3.8, 4) is 5.75 Å². The quantitative estimate of drug-likeness (QED) is 0.764. The van der Waals surface area contributed by atoms with E-state index in [1.807, 2.05) is 24.3 Å². The summed E-state index contributed by atoms with van der Waals surface area (Å²) >= 11 is 7.27. The summed E-state index contributed by atoms with van der Waals surface area (Å²) in [6, 6.07) is 8.64. The van der Waals surface area contributed by atoms with Gasteiger partial charge < -0.3 is 10.1 Å². The molecule has 132 valence electrons. The number of ether oxygens (including phenoxy) is 1. The van der Waals surface area contributed by atoms with E-state index in [4.69, 9.17) is 16.3 Å². The van der Waals surface area contributed by atoms with E-state index >= 15 is 0 Å². The number of amidine groups is 1. The zero-order valence-corrected chi connectivity index (χ0v) is 15.4. The Hall–Kier alpha value is -2.31.